The molecule has 0 aliphatic rings. The van der Waals surface area contributed by atoms with E-state index in [2.05, 4.69) is 31.1 Å². The average molecular weight is 348 g/mol. The maximum absolute atomic E-state index is 11.9. The zero-order valence-electron chi connectivity index (χ0n) is 14.4. The highest BCUT2D eigenvalue weighted by molar-refractivity contribution is 5.94. The van der Waals surface area contributed by atoms with Gasteiger partial charge in [0.25, 0.3) is 5.91 Å². The first kappa shape index (κ1) is 17.3. The predicted octanol–water partition coefficient (Wildman–Crippen LogP) is 2.77. The quantitative estimate of drug-likeness (QED) is 0.569. The lowest BCUT2D eigenvalue weighted by Crippen LogP contribution is -2.28. The van der Waals surface area contributed by atoms with Crippen LogP contribution in [0, 0.1) is 6.92 Å². The van der Waals surface area contributed by atoms with E-state index >= 15 is 0 Å². The molecule has 0 unspecified atom stereocenters. The number of hydrogen-bond donors (Lipinski definition) is 3. The summed E-state index contributed by atoms with van der Waals surface area (Å²) in [5.41, 5.74) is 1.74. The van der Waals surface area contributed by atoms with Crippen molar-refractivity contribution in [3.63, 3.8) is 0 Å². The number of aromatic nitrogens is 3. The second-order valence-corrected chi connectivity index (χ2v) is 5.70. The Hall–Kier alpha value is -3.48. The number of pyridine rings is 1. The van der Waals surface area contributed by atoms with Gasteiger partial charge in [-0.15, -0.1) is 10.2 Å². The molecule has 0 spiro atoms. The lowest BCUT2D eigenvalue weighted by atomic mass is 10.2. The molecular weight excluding hydrogens is 328 g/mol. The van der Waals surface area contributed by atoms with Crippen molar-refractivity contribution in [1.82, 2.24) is 20.5 Å². The van der Waals surface area contributed by atoms with E-state index in [1.54, 1.807) is 18.3 Å². The summed E-state index contributed by atoms with van der Waals surface area (Å²) in [7, 11) is 0. The second kappa shape index (κ2) is 8.57. The van der Waals surface area contributed by atoms with Crippen molar-refractivity contribution in [3.05, 3.63) is 71.9 Å². The van der Waals surface area contributed by atoms with Crippen LogP contribution in [0.3, 0.4) is 0 Å². The minimum Gasteiger partial charge on any atom is -0.367 e. The number of nitrogens with one attached hydrogen (secondary N) is 3. The summed E-state index contributed by atoms with van der Waals surface area (Å²) in [5.74, 6) is 1.88. The summed E-state index contributed by atoms with van der Waals surface area (Å²) < 4.78 is 0. The van der Waals surface area contributed by atoms with Crippen LogP contribution in [-0.4, -0.2) is 34.2 Å². The van der Waals surface area contributed by atoms with Gasteiger partial charge in [0.2, 0.25) is 0 Å². The van der Waals surface area contributed by atoms with Crippen LogP contribution in [0.1, 0.15) is 15.9 Å². The Balaban J connectivity index is 1.43. The average Bonchev–Trinajstić information content (AvgIpc) is 2.69. The number of anilines is 3. The molecule has 1 aromatic carbocycles. The van der Waals surface area contributed by atoms with E-state index in [-0.39, 0.29) is 5.91 Å². The summed E-state index contributed by atoms with van der Waals surface area (Å²) in [5, 5.41) is 17.3. The molecule has 7 nitrogen and oxygen atoms in total. The van der Waals surface area contributed by atoms with E-state index < -0.39 is 0 Å². The van der Waals surface area contributed by atoms with Crippen molar-refractivity contribution in [3.8, 4) is 0 Å². The molecule has 0 aliphatic heterocycles. The highest BCUT2D eigenvalue weighted by atomic mass is 16.1. The Morgan fingerprint density at radius 1 is 0.885 bits per heavy atom. The largest absolute Gasteiger partial charge is 0.367 e. The first-order valence-electron chi connectivity index (χ1n) is 8.31. The summed E-state index contributed by atoms with van der Waals surface area (Å²) in [6, 6.07) is 16.6. The van der Waals surface area contributed by atoms with Gasteiger partial charge < -0.3 is 16.0 Å². The third kappa shape index (κ3) is 5.01. The van der Waals surface area contributed by atoms with Crippen molar-refractivity contribution in [1.29, 1.82) is 0 Å². The first-order valence-corrected chi connectivity index (χ1v) is 8.31. The molecule has 0 saturated carbocycles. The van der Waals surface area contributed by atoms with Crippen LogP contribution in [0.15, 0.2) is 60.8 Å². The van der Waals surface area contributed by atoms with Crippen LogP contribution >= 0.6 is 0 Å². The van der Waals surface area contributed by atoms with Crippen molar-refractivity contribution in [2.45, 2.75) is 6.92 Å². The van der Waals surface area contributed by atoms with Crippen LogP contribution < -0.4 is 16.0 Å². The van der Waals surface area contributed by atoms with E-state index in [1.165, 1.54) is 0 Å². The molecule has 0 fully saturated rings. The van der Waals surface area contributed by atoms with Gasteiger partial charge in [0.15, 0.2) is 5.82 Å². The highest BCUT2D eigenvalue weighted by Crippen LogP contribution is 2.12. The van der Waals surface area contributed by atoms with Gasteiger partial charge in [-0.2, -0.15) is 0 Å². The van der Waals surface area contributed by atoms with Crippen LogP contribution in [0.5, 0.6) is 0 Å². The standard InChI is InChI=1S/C19H20N6O/c1-14-7-8-16(22-13-14)23-18-10-9-17(24-25-18)20-11-12-21-19(26)15-5-3-2-4-6-15/h2-10,13H,11-12H2,1H3,(H,20,24)(H,21,26)(H,22,23,25). The monoisotopic (exact) mass is 348 g/mol. The number of aryl methyl sites for hydroxylation is 1. The van der Waals surface area contributed by atoms with Gasteiger partial charge in [0, 0.05) is 24.8 Å². The lowest BCUT2D eigenvalue weighted by molar-refractivity contribution is 0.0955. The zero-order chi connectivity index (χ0) is 18.2. The minimum absolute atomic E-state index is 0.0939. The van der Waals surface area contributed by atoms with E-state index in [0.717, 1.165) is 5.56 Å². The zero-order valence-corrected chi connectivity index (χ0v) is 14.4. The molecule has 26 heavy (non-hydrogen) atoms. The Labute approximate surface area is 151 Å². The number of rotatable bonds is 7. The minimum atomic E-state index is -0.0939. The van der Waals surface area contributed by atoms with Gasteiger partial charge in [-0.25, -0.2) is 4.98 Å². The van der Waals surface area contributed by atoms with E-state index in [1.807, 2.05) is 49.4 Å². The molecular formula is C19H20N6O. The Bertz CT molecular complexity index is 834. The fourth-order valence-electron chi connectivity index (χ4n) is 2.22. The molecule has 3 rings (SSSR count). The molecule has 7 heteroatoms. The third-order valence-electron chi connectivity index (χ3n) is 3.58. The Kier molecular flexibility index (Phi) is 5.72. The van der Waals surface area contributed by atoms with Crippen LogP contribution in [0.2, 0.25) is 0 Å². The Morgan fingerprint density at radius 3 is 2.31 bits per heavy atom. The molecule has 0 saturated heterocycles. The van der Waals surface area contributed by atoms with Gasteiger partial charge in [0.1, 0.15) is 11.6 Å². The number of amides is 1. The molecule has 1 amide bonds. The smallest absolute Gasteiger partial charge is 0.251 e. The van der Waals surface area contributed by atoms with Gasteiger partial charge in [0.05, 0.1) is 0 Å². The third-order valence-corrected chi connectivity index (χ3v) is 3.58. The number of hydrogen-bond acceptors (Lipinski definition) is 6. The molecule has 3 N–H and O–H groups in total. The van der Waals surface area contributed by atoms with E-state index in [9.17, 15) is 4.79 Å². The SMILES string of the molecule is Cc1ccc(Nc2ccc(NCCNC(=O)c3ccccc3)nn2)nc1. The number of carbonyl (C=O) groups is 1. The van der Waals surface area contributed by atoms with Gasteiger partial charge >= 0.3 is 0 Å². The number of nitrogens with zero attached hydrogens (tertiary/aromatic N) is 3. The molecule has 0 bridgehead atoms. The molecule has 2 heterocycles. The Morgan fingerprint density at radius 2 is 1.62 bits per heavy atom. The normalized spacial score (nSPS) is 10.2. The highest BCUT2D eigenvalue weighted by Gasteiger charge is 2.03. The first-order chi connectivity index (χ1) is 12.7. The van der Waals surface area contributed by atoms with Crippen LogP contribution in [0.25, 0.3) is 0 Å². The van der Waals surface area contributed by atoms with Crippen LogP contribution in [-0.2, 0) is 0 Å². The summed E-state index contributed by atoms with van der Waals surface area (Å²) in [6.45, 7) is 3.03. The maximum atomic E-state index is 11.9. The molecule has 3 aromatic rings. The van der Waals surface area contributed by atoms with E-state index in [4.69, 9.17) is 0 Å². The van der Waals surface area contributed by atoms with Gasteiger partial charge in [-0.05, 0) is 42.8 Å². The fourth-order valence-corrected chi connectivity index (χ4v) is 2.22. The summed E-state index contributed by atoms with van der Waals surface area (Å²) >= 11 is 0. The second-order valence-electron chi connectivity index (χ2n) is 5.70. The van der Waals surface area contributed by atoms with Crippen molar-refractivity contribution in [2.24, 2.45) is 0 Å². The van der Waals surface area contributed by atoms with Gasteiger partial charge in [-0.1, -0.05) is 24.3 Å². The van der Waals surface area contributed by atoms with Crippen molar-refractivity contribution >= 4 is 23.4 Å². The number of carbonyl (C=O) groups excluding carboxylic acids is 1. The molecule has 0 aliphatic carbocycles. The summed E-state index contributed by atoms with van der Waals surface area (Å²) in [4.78, 5) is 16.2. The molecule has 132 valence electrons. The van der Waals surface area contributed by atoms with Gasteiger partial charge in [-0.3, -0.25) is 4.79 Å². The fraction of sp³-hybridized carbons (Fsp3) is 0.158. The van der Waals surface area contributed by atoms with E-state index in [0.29, 0.717) is 36.1 Å². The lowest BCUT2D eigenvalue weighted by Gasteiger charge is -2.08. The molecule has 0 radical (unpaired) electrons. The predicted molar refractivity (Wildman–Crippen MR) is 102 cm³/mol. The number of benzene rings is 1. The molecule has 2 aromatic heterocycles. The van der Waals surface area contributed by atoms with Crippen molar-refractivity contribution in [2.75, 3.05) is 23.7 Å². The maximum Gasteiger partial charge on any atom is 0.251 e. The van der Waals surface area contributed by atoms with Crippen LogP contribution in [0.4, 0.5) is 17.5 Å². The summed E-state index contributed by atoms with van der Waals surface area (Å²) in [6.07, 6.45) is 1.79. The topological polar surface area (TPSA) is 91.8 Å². The van der Waals surface area contributed by atoms with Crippen molar-refractivity contribution < 1.29 is 4.79 Å². The molecule has 0 atom stereocenters.